The van der Waals surface area contributed by atoms with E-state index in [1.54, 1.807) is 0 Å². The van der Waals surface area contributed by atoms with Crippen molar-refractivity contribution in [3.05, 3.63) is 23.5 Å². The van der Waals surface area contributed by atoms with E-state index in [0.29, 0.717) is 6.10 Å². The predicted octanol–water partition coefficient (Wildman–Crippen LogP) is 1.71. The molecule has 1 aliphatic heterocycles. The van der Waals surface area contributed by atoms with Gasteiger partial charge in [-0.2, -0.15) is 0 Å². The summed E-state index contributed by atoms with van der Waals surface area (Å²) >= 11 is 0. The summed E-state index contributed by atoms with van der Waals surface area (Å²) < 4.78 is 5.50. The van der Waals surface area contributed by atoms with Crippen LogP contribution in [-0.2, 0) is 6.42 Å². The fourth-order valence-electron chi connectivity index (χ4n) is 1.44. The number of fused-ring (bicyclic) bond motifs is 1. The molecule has 0 aliphatic carbocycles. The van der Waals surface area contributed by atoms with E-state index in [1.807, 2.05) is 13.1 Å². The number of pyridine rings is 1. The molecule has 0 radical (unpaired) electrons. The second-order valence-electron chi connectivity index (χ2n) is 3.07. The van der Waals surface area contributed by atoms with Crippen LogP contribution >= 0.6 is 0 Å². The Morgan fingerprint density at radius 3 is 3.27 bits per heavy atom. The van der Waals surface area contributed by atoms with Gasteiger partial charge < -0.3 is 4.74 Å². The molecule has 1 aliphatic rings. The zero-order valence-corrected chi connectivity index (χ0v) is 6.79. The lowest BCUT2D eigenvalue weighted by molar-refractivity contribution is 0.254. The Labute approximate surface area is 66.2 Å². The van der Waals surface area contributed by atoms with Gasteiger partial charge in [-0.25, -0.2) is 0 Å². The van der Waals surface area contributed by atoms with E-state index in [-0.39, 0.29) is 0 Å². The minimum absolute atomic E-state index is 0.327. The minimum atomic E-state index is 0.327. The first-order valence-electron chi connectivity index (χ1n) is 3.88. The van der Waals surface area contributed by atoms with Crippen LogP contribution in [-0.4, -0.2) is 11.1 Å². The quantitative estimate of drug-likeness (QED) is 0.560. The van der Waals surface area contributed by atoms with E-state index in [2.05, 4.69) is 18.0 Å². The molecule has 0 spiro atoms. The van der Waals surface area contributed by atoms with Crippen LogP contribution in [0.4, 0.5) is 0 Å². The van der Waals surface area contributed by atoms with Crippen molar-refractivity contribution in [3.63, 3.8) is 0 Å². The molecular weight excluding hydrogens is 138 g/mol. The number of rotatable bonds is 0. The summed E-state index contributed by atoms with van der Waals surface area (Å²) in [6, 6.07) is 2.10. The normalized spacial score (nSPS) is 21.1. The fourth-order valence-corrected chi connectivity index (χ4v) is 1.44. The van der Waals surface area contributed by atoms with Gasteiger partial charge in [0.15, 0.2) is 0 Å². The SMILES string of the molecule is Cc1cc2c(cn1)OC(C)C2. The fraction of sp³-hybridized carbons (Fsp3) is 0.444. The van der Waals surface area contributed by atoms with Crippen LogP contribution in [0.5, 0.6) is 5.75 Å². The lowest BCUT2D eigenvalue weighted by Crippen LogP contribution is -2.05. The maximum atomic E-state index is 5.50. The van der Waals surface area contributed by atoms with Crippen LogP contribution in [0, 0.1) is 6.92 Å². The minimum Gasteiger partial charge on any atom is -0.488 e. The van der Waals surface area contributed by atoms with E-state index >= 15 is 0 Å². The molecule has 58 valence electrons. The predicted molar refractivity (Wildman–Crippen MR) is 42.8 cm³/mol. The van der Waals surface area contributed by atoms with Crippen LogP contribution in [0.2, 0.25) is 0 Å². The molecule has 0 amide bonds. The van der Waals surface area contributed by atoms with Crippen molar-refractivity contribution in [1.82, 2.24) is 4.98 Å². The van der Waals surface area contributed by atoms with Crippen molar-refractivity contribution in [2.24, 2.45) is 0 Å². The molecule has 1 aromatic heterocycles. The molecule has 1 unspecified atom stereocenters. The zero-order chi connectivity index (χ0) is 7.84. The van der Waals surface area contributed by atoms with Crippen molar-refractivity contribution in [2.45, 2.75) is 26.4 Å². The van der Waals surface area contributed by atoms with Gasteiger partial charge in [-0.15, -0.1) is 0 Å². The summed E-state index contributed by atoms with van der Waals surface area (Å²) in [4.78, 5) is 4.16. The molecule has 0 fully saturated rings. The highest BCUT2D eigenvalue weighted by Gasteiger charge is 2.18. The molecule has 0 saturated heterocycles. The van der Waals surface area contributed by atoms with Crippen molar-refractivity contribution in [3.8, 4) is 5.75 Å². The Kier molecular flexibility index (Phi) is 1.34. The third-order valence-electron chi connectivity index (χ3n) is 1.92. The zero-order valence-electron chi connectivity index (χ0n) is 6.79. The smallest absolute Gasteiger partial charge is 0.141 e. The summed E-state index contributed by atoms with van der Waals surface area (Å²) in [5.41, 5.74) is 2.37. The highest BCUT2D eigenvalue weighted by molar-refractivity contribution is 5.36. The average Bonchev–Trinajstić information content (AvgIpc) is 2.27. The van der Waals surface area contributed by atoms with Crippen molar-refractivity contribution >= 4 is 0 Å². The number of aryl methyl sites for hydroxylation is 1. The highest BCUT2D eigenvalue weighted by atomic mass is 16.5. The van der Waals surface area contributed by atoms with Crippen LogP contribution in [0.25, 0.3) is 0 Å². The second-order valence-corrected chi connectivity index (χ2v) is 3.07. The second kappa shape index (κ2) is 2.22. The van der Waals surface area contributed by atoms with Crippen molar-refractivity contribution < 1.29 is 4.74 Å². The highest BCUT2D eigenvalue weighted by Crippen LogP contribution is 2.27. The van der Waals surface area contributed by atoms with E-state index in [0.717, 1.165) is 17.9 Å². The number of hydrogen-bond donors (Lipinski definition) is 0. The standard InChI is InChI=1S/C9H11NO/c1-6-3-8-4-7(2)11-9(8)5-10-6/h3,5,7H,4H2,1-2H3. The van der Waals surface area contributed by atoms with Crippen molar-refractivity contribution in [1.29, 1.82) is 0 Å². The Bertz CT molecular complexity index is 283. The summed E-state index contributed by atoms with van der Waals surface area (Å²) in [5.74, 6) is 0.961. The summed E-state index contributed by atoms with van der Waals surface area (Å²) in [5, 5.41) is 0. The lowest BCUT2D eigenvalue weighted by atomic mass is 10.1. The van der Waals surface area contributed by atoms with Gasteiger partial charge in [0.05, 0.1) is 6.20 Å². The first-order chi connectivity index (χ1) is 5.25. The Morgan fingerprint density at radius 2 is 2.45 bits per heavy atom. The van der Waals surface area contributed by atoms with Gasteiger partial charge >= 0.3 is 0 Å². The number of ether oxygens (including phenoxy) is 1. The largest absolute Gasteiger partial charge is 0.488 e. The molecule has 2 heterocycles. The number of nitrogens with zero attached hydrogens (tertiary/aromatic N) is 1. The van der Waals surface area contributed by atoms with Crippen LogP contribution in [0.15, 0.2) is 12.3 Å². The van der Waals surface area contributed by atoms with E-state index in [4.69, 9.17) is 4.74 Å². The molecule has 2 heteroatoms. The van der Waals surface area contributed by atoms with E-state index in [1.165, 1.54) is 5.56 Å². The van der Waals surface area contributed by atoms with Crippen LogP contribution in [0.3, 0.4) is 0 Å². The molecule has 0 bridgehead atoms. The third kappa shape index (κ3) is 1.09. The maximum absolute atomic E-state index is 5.50. The van der Waals surface area contributed by atoms with Gasteiger partial charge in [0, 0.05) is 17.7 Å². The summed E-state index contributed by atoms with van der Waals surface area (Å²) in [6.45, 7) is 4.08. The molecule has 0 saturated carbocycles. The van der Waals surface area contributed by atoms with E-state index < -0.39 is 0 Å². The number of hydrogen-bond acceptors (Lipinski definition) is 2. The monoisotopic (exact) mass is 149 g/mol. The molecular formula is C9H11NO. The number of aromatic nitrogens is 1. The van der Waals surface area contributed by atoms with Gasteiger partial charge in [0.2, 0.25) is 0 Å². The van der Waals surface area contributed by atoms with E-state index in [9.17, 15) is 0 Å². The molecule has 11 heavy (non-hydrogen) atoms. The average molecular weight is 149 g/mol. The lowest BCUT2D eigenvalue weighted by Gasteiger charge is -2.00. The van der Waals surface area contributed by atoms with Crippen molar-refractivity contribution in [2.75, 3.05) is 0 Å². The van der Waals surface area contributed by atoms with Gasteiger partial charge in [0.25, 0.3) is 0 Å². The van der Waals surface area contributed by atoms with Gasteiger partial charge in [0.1, 0.15) is 11.9 Å². The Morgan fingerprint density at radius 1 is 1.64 bits per heavy atom. The molecule has 0 N–H and O–H groups in total. The van der Waals surface area contributed by atoms with Gasteiger partial charge in [-0.05, 0) is 19.9 Å². The molecule has 2 nitrogen and oxygen atoms in total. The van der Waals surface area contributed by atoms with Crippen LogP contribution in [0.1, 0.15) is 18.2 Å². The molecule has 0 aromatic carbocycles. The first kappa shape index (κ1) is 6.65. The molecule has 1 atom stereocenters. The van der Waals surface area contributed by atoms with Gasteiger partial charge in [-0.3, -0.25) is 4.98 Å². The topological polar surface area (TPSA) is 22.1 Å². The Balaban J connectivity index is 2.43. The summed E-state index contributed by atoms with van der Waals surface area (Å²) in [7, 11) is 0. The van der Waals surface area contributed by atoms with Gasteiger partial charge in [-0.1, -0.05) is 0 Å². The van der Waals surface area contributed by atoms with Crippen LogP contribution < -0.4 is 4.74 Å². The molecule has 1 aromatic rings. The maximum Gasteiger partial charge on any atom is 0.141 e. The Hall–Kier alpha value is -1.05. The third-order valence-corrected chi connectivity index (χ3v) is 1.92. The molecule has 2 rings (SSSR count). The summed E-state index contributed by atoms with van der Waals surface area (Å²) in [6.07, 6.45) is 3.17. The first-order valence-corrected chi connectivity index (χ1v) is 3.88.